The van der Waals surface area contributed by atoms with Gasteiger partial charge in [-0.15, -0.1) is 0 Å². The normalized spacial score (nSPS) is 12.0. The van der Waals surface area contributed by atoms with E-state index in [1.54, 1.807) is 24.3 Å². The molecule has 27 heavy (non-hydrogen) atoms. The highest BCUT2D eigenvalue weighted by molar-refractivity contribution is 8.00. The van der Waals surface area contributed by atoms with Crippen LogP contribution in [-0.2, 0) is 6.18 Å². The summed E-state index contributed by atoms with van der Waals surface area (Å²) in [6, 6.07) is 7.50. The van der Waals surface area contributed by atoms with E-state index in [0.29, 0.717) is 11.3 Å². The van der Waals surface area contributed by atoms with Crippen LogP contribution >= 0.6 is 23.4 Å². The number of aromatic nitrogens is 1. The average molecular weight is 419 g/mol. The third-order valence-corrected chi connectivity index (χ3v) is 5.15. The number of carbonyl (C=O) groups is 1. The van der Waals surface area contributed by atoms with E-state index in [4.69, 9.17) is 16.3 Å². The molecule has 0 aliphatic rings. The molecule has 0 atom stereocenters. The van der Waals surface area contributed by atoms with E-state index >= 15 is 0 Å². The zero-order valence-electron chi connectivity index (χ0n) is 14.9. The molecule has 2 rings (SSSR count). The molecular formula is C18H18ClF3N2O2S. The quantitative estimate of drug-likeness (QED) is 0.666. The average Bonchev–Trinajstić information content (AvgIpc) is 2.60. The number of pyridine rings is 1. The molecule has 0 saturated carbocycles. The Labute approximate surface area is 164 Å². The second-order valence-corrected chi connectivity index (χ2v) is 8.38. The number of methoxy groups -OCH3 is 1. The molecule has 2 aromatic rings. The van der Waals surface area contributed by atoms with Crippen molar-refractivity contribution in [2.24, 2.45) is 0 Å². The Kier molecular flexibility index (Phi) is 6.64. The molecule has 0 aliphatic carbocycles. The molecule has 0 saturated heterocycles. The van der Waals surface area contributed by atoms with Crippen LogP contribution in [0.15, 0.2) is 41.6 Å². The van der Waals surface area contributed by atoms with Gasteiger partial charge in [-0.25, -0.2) is 4.98 Å². The third-order valence-electron chi connectivity index (χ3n) is 3.53. The van der Waals surface area contributed by atoms with Crippen molar-refractivity contribution in [1.29, 1.82) is 0 Å². The molecule has 1 N–H and O–H groups in total. The van der Waals surface area contributed by atoms with Gasteiger partial charge in [-0.05, 0) is 44.2 Å². The van der Waals surface area contributed by atoms with Gasteiger partial charge in [0.25, 0.3) is 5.91 Å². The lowest BCUT2D eigenvalue weighted by Gasteiger charge is -2.24. The lowest BCUT2D eigenvalue weighted by molar-refractivity contribution is -0.137. The fourth-order valence-corrected chi connectivity index (χ4v) is 3.30. The van der Waals surface area contributed by atoms with Gasteiger partial charge >= 0.3 is 6.18 Å². The molecule has 0 fully saturated rings. The van der Waals surface area contributed by atoms with Crippen molar-refractivity contribution < 1.29 is 22.7 Å². The Hall–Kier alpha value is -1.93. The van der Waals surface area contributed by atoms with Crippen LogP contribution in [0.4, 0.5) is 13.2 Å². The zero-order chi connectivity index (χ0) is 20.2. The maximum absolute atomic E-state index is 12.7. The van der Waals surface area contributed by atoms with Gasteiger partial charge in [0.2, 0.25) is 0 Å². The first-order valence-corrected chi connectivity index (χ1v) is 9.05. The molecule has 4 nitrogen and oxygen atoms in total. The molecule has 146 valence electrons. The number of thioether (sulfide) groups is 1. The number of ether oxygens (including phenoxy) is 1. The van der Waals surface area contributed by atoms with Gasteiger partial charge in [-0.2, -0.15) is 13.2 Å². The fourth-order valence-electron chi connectivity index (χ4n) is 2.09. The van der Waals surface area contributed by atoms with Crippen LogP contribution in [0.1, 0.15) is 29.8 Å². The van der Waals surface area contributed by atoms with Crippen LogP contribution in [0.25, 0.3) is 0 Å². The Morgan fingerprint density at radius 2 is 1.89 bits per heavy atom. The smallest absolute Gasteiger partial charge is 0.417 e. The second-order valence-electron chi connectivity index (χ2n) is 6.28. The summed E-state index contributed by atoms with van der Waals surface area (Å²) in [5.41, 5.74) is -0.426. The van der Waals surface area contributed by atoms with Gasteiger partial charge in [-0.1, -0.05) is 23.4 Å². The number of benzene rings is 1. The number of amides is 1. The zero-order valence-corrected chi connectivity index (χ0v) is 16.4. The standard InChI is InChI=1S/C18H18ClF3N2O2S/c1-17(2,10-24-15(25)11-4-6-13(26-3)7-5-11)27-16-14(19)8-12(9-23-16)18(20,21)22/h4-9H,10H2,1-3H3,(H,24,25). The van der Waals surface area contributed by atoms with Crippen LogP contribution in [0.3, 0.4) is 0 Å². The molecule has 1 aromatic heterocycles. The molecule has 1 amide bonds. The van der Waals surface area contributed by atoms with Crippen molar-refractivity contribution in [3.8, 4) is 5.75 Å². The molecule has 1 aromatic carbocycles. The summed E-state index contributed by atoms with van der Waals surface area (Å²) in [5.74, 6) is 0.378. The van der Waals surface area contributed by atoms with E-state index in [0.717, 1.165) is 12.3 Å². The van der Waals surface area contributed by atoms with Crippen LogP contribution in [-0.4, -0.2) is 29.3 Å². The molecule has 1 heterocycles. The number of hydrogen-bond acceptors (Lipinski definition) is 4. The number of nitrogens with one attached hydrogen (secondary N) is 1. The van der Waals surface area contributed by atoms with E-state index in [1.807, 2.05) is 13.8 Å². The summed E-state index contributed by atoms with van der Waals surface area (Å²) < 4.78 is 42.6. The van der Waals surface area contributed by atoms with Crippen LogP contribution < -0.4 is 10.1 Å². The lowest BCUT2D eigenvalue weighted by Crippen LogP contribution is -2.36. The van der Waals surface area contributed by atoms with Crippen molar-refractivity contribution in [2.45, 2.75) is 29.8 Å². The van der Waals surface area contributed by atoms with Gasteiger partial charge in [0.05, 0.1) is 17.7 Å². The summed E-state index contributed by atoms with van der Waals surface area (Å²) in [5, 5.41) is 2.99. The first kappa shape index (κ1) is 21.4. The second kappa shape index (κ2) is 8.39. The van der Waals surface area contributed by atoms with E-state index in [2.05, 4.69) is 10.3 Å². The number of carbonyl (C=O) groups excluding carboxylic acids is 1. The van der Waals surface area contributed by atoms with Gasteiger partial charge < -0.3 is 10.1 Å². The molecule has 0 bridgehead atoms. The number of alkyl halides is 3. The highest BCUT2D eigenvalue weighted by Gasteiger charge is 2.32. The maximum Gasteiger partial charge on any atom is 0.417 e. The Morgan fingerprint density at radius 3 is 2.41 bits per heavy atom. The molecule has 0 unspecified atom stereocenters. The Morgan fingerprint density at radius 1 is 1.26 bits per heavy atom. The minimum absolute atomic E-state index is 0.0793. The van der Waals surface area contributed by atoms with Crippen molar-refractivity contribution >= 4 is 29.3 Å². The summed E-state index contributed by atoms with van der Waals surface area (Å²) in [6.07, 6.45) is -3.75. The van der Waals surface area contributed by atoms with Crippen molar-refractivity contribution in [3.63, 3.8) is 0 Å². The van der Waals surface area contributed by atoms with Crippen LogP contribution in [0, 0.1) is 0 Å². The van der Waals surface area contributed by atoms with Gasteiger partial charge in [0.15, 0.2) is 0 Å². The van der Waals surface area contributed by atoms with Gasteiger partial charge in [-0.3, -0.25) is 4.79 Å². The summed E-state index contributed by atoms with van der Waals surface area (Å²) in [6.45, 7) is 3.94. The van der Waals surface area contributed by atoms with E-state index in [1.165, 1.54) is 18.9 Å². The van der Waals surface area contributed by atoms with E-state index in [9.17, 15) is 18.0 Å². The van der Waals surface area contributed by atoms with Crippen LogP contribution in [0.5, 0.6) is 5.75 Å². The predicted molar refractivity (Wildman–Crippen MR) is 99.5 cm³/mol. The lowest BCUT2D eigenvalue weighted by atomic mass is 10.1. The Balaban J connectivity index is 2.00. The predicted octanol–water partition coefficient (Wildman–Crippen LogP) is 5.06. The highest BCUT2D eigenvalue weighted by atomic mass is 35.5. The largest absolute Gasteiger partial charge is 0.497 e. The highest BCUT2D eigenvalue weighted by Crippen LogP contribution is 2.38. The molecule has 9 heteroatoms. The van der Waals surface area contributed by atoms with Crippen molar-refractivity contribution in [2.75, 3.05) is 13.7 Å². The van der Waals surface area contributed by atoms with Gasteiger partial charge in [0.1, 0.15) is 10.8 Å². The summed E-state index contributed by atoms with van der Waals surface area (Å²) in [4.78, 5) is 16.1. The monoisotopic (exact) mass is 418 g/mol. The third kappa shape index (κ3) is 6.04. The molecule has 0 radical (unpaired) electrons. The van der Waals surface area contributed by atoms with E-state index < -0.39 is 16.5 Å². The van der Waals surface area contributed by atoms with E-state index in [-0.39, 0.29) is 22.5 Å². The summed E-state index contributed by atoms with van der Waals surface area (Å²) in [7, 11) is 1.54. The van der Waals surface area contributed by atoms with Crippen molar-refractivity contribution in [3.05, 3.63) is 52.7 Å². The molecule has 0 spiro atoms. The number of rotatable bonds is 6. The SMILES string of the molecule is COc1ccc(C(=O)NCC(C)(C)Sc2ncc(C(F)(F)F)cc2Cl)cc1. The number of hydrogen-bond donors (Lipinski definition) is 1. The fraction of sp³-hybridized carbons (Fsp3) is 0.333. The Bertz CT molecular complexity index is 811. The molecular weight excluding hydrogens is 401 g/mol. The topological polar surface area (TPSA) is 51.2 Å². The first-order valence-electron chi connectivity index (χ1n) is 7.86. The van der Waals surface area contributed by atoms with Crippen molar-refractivity contribution in [1.82, 2.24) is 10.3 Å². The summed E-state index contributed by atoms with van der Waals surface area (Å²) >= 11 is 7.14. The van der Waals surface area contributed by atoms with Gasteiger partial charge in [0, 0.05) is 23.1 Å². The number of nitrogens with zero attached hydrogens (tertiary/aromatic N) is 1. The minimum atomic E-state index is -4.50. The maximum atomic E-state index is 12.7. The number of halogens is 4. The minimum Gasteiger partial charge on any atom is -0.497 e. The first-order chi connectivity index (χ1) is 12.5. The molecule has 0 aliphatic heterocycles. The van der Waals surface area contributed by atoms with Crippen LogP contribution in [0.2, 0.25) is 5.02 Å².